The zero-order valence-electron chi connectivity index (χ0n) is 22.7. The molecule has 1 unspecified atom stereocenters. The maximum Gasteiger partial charge on any atom is 0.332 e. The molecule has 0 bridgehead atoms. The van der Waals surface area contributed by atoms with Crippen LogP contribution >= 0.6 is 11.3 Å². The fraction of sp³-hybridized carbons (Fsp3) is 0.103. The van der Waals surface area contributed by atoms with Gasteiger partial charge in [0.05, 0.1) is 21.2 Å². The second kappa shape index (κ2) is 12.9. The van der Waals surface area contributed by atoms with E-state index in [1.165, 1.54) is 55.1 Å². The largest absolute Gasteiger partial charge is 0.380 e. The Hall–Kier alpha value is -5.05. The Balaban J connectivity index is 1.44. The number of nitrogens with two attached hydrogens (primary N) is 1. The molecule has 2 heterocycles. The van der Waals surface area contributed by atoms with E-state index >= 15 is 0 Å². The van der Waals surface area contributed by atoms with Crippen molar-refractivity contribution in [3.8, 4) is 0 Å². The van der Waals surface area contributed by atoms with E-state index in [-0.39, 0.29) is 28.5 Å². The number of fused-ring (bicyclic) bond motifs is 1. The molecule has 43 heavy (non-hydrogen) atoms. The Bertz CT molecular complexity index is 1900. The van der Waals surface area contributed by atoms with Gasteiger partial charge < -0.3 is 15.9 Å². The van der Waals surface area contributed by atoms with Crippen molar-refractivity contribution in [3.05, 3.63) is 113 Å². The van der Waals surface area contributed by atoms with Crippen LogP contribution in [-0.2, 0) is 26.1 Å². The minimum Gasteiger partial charge on any atom is -0.380 e. The van der Waals surface area contributed by atoms with Crippen LogP contribution in [0.15, 0.2) is 101 Å². The molecule has 3 aromatic carbocycles. The highest BCUT2D eigenvalue weighted by Crippen LogP contribution is 2.30. The van der Waals surface area contributed by atoms with Gasteiger partial charge in [-0.15, -0.1) is 11.3 Å². The van der Waals surface area contributed by atoms with Crippen LogP contribution in [-0.4, -0.2) is 41.1 Å². The topological polar surface area (TPSA) is 179 Å². The van der Waals surface area contributed by atoms with Crippen LogP contribution in [0.25, 0.3) is 10.2 Å². The van der Waals surface area contributed by atoms with Crippen molar-refractivity contribution in [3.63, 3.8) is 0 Å². The zero-order valence-corrected chi connectivity index (χ0v) is 24.3. The van der Waals surface area contributed by atoms with Crippen LogP contribution in [0.3, 0.4) is 0 Å². The smallest absolute Gasteiger partial charge is 0.332 e. The molecule has 14 heteroatoms. The summed E-state index contributed by atoms with van der Waals surface area (Å²) in [6.07, 6.45) is 2.90. The van der Waals surface area contributed by atoms with Gasteiger partial charge in [-0.1, -0.05) is 41.6 Å². The molecule has 0 aliphatic carbocycles. The second-order valence-corrected chi connectivity index (χ2v) is 12.0. The first-order valence-corrected chi connectivity index (χ1v) is 15.1. The number of carbonyl (C=O) groups is 2. The molecular weight excluding hydrogens is 590 g/mol. The molecule has 0 radical (unpaired) electrons. The Labute approximate surface area is 250 Å². The van der Waals surface area contributed by atoms with Gasteiger partial charge in [0.1, 0.15) is 17.0 Å². The summed E-state index contributed by atoms with van der Waals surface area (Å²) in [6.45, 7) is 1.21. The van der Waals surface area contributed by atoms with Gasteiger partial charge in [0.2, 0.25) is 10.0 Å². The average molecular weight is 616 g/mol. The molecule has 1 amide bonds. The molecule has 0 saturated heterocycles. The molecule has 5 aromatic rings. The number of para-hydroxylation sites is 1. The highest BCUT2D eigenvalue weighted by molar-refractivity contribution is 7.89. The molecule has 2 aromatic heterocycles. The predicted molar refractivity (Wildman–Crippen MR) is 162 cm³/mol. The number of rotatable bonds is 10. The Kier molecular flexibility index (Phi) is 8.80. The van der Waals surface area contributed by atoms with E-state index in [1.54, 1.807) is 24.3 Å². The Morgan fingerprint density at radius 1 is 1.05 bits per heavy atom. The summed E-state index contributed by atoms with van der Waals surface area (Å²) in [5, 5.41) is 6.86. The van der Waals surface area contributed by atoms with E-state index in [9.17, 15) is 18.0 Å². The van der Waals surface area contributed by atoms with Gasteiger partial charge in [-0.05, 0) is 54.4 Å². The van der Waals surface area contributed by atoms with Crippen LogP contribution in [0, 0.1) is 0 Å². The number of nitrogens with zero attached hydrogens (tertiary/aromatic N) is 4. The zero-order chi connectivity index (χ0) is 30.4. The van der Waals surface area contributed by atoms with Gasteiger partial charge >= 0.3 is 5.97 Å². The average Bonchev–Trinajstić information content (AvgIpc) is 3.45. The lowest BCUT2D eigenvalue weighted by Gasteiger charge is -2.18. The summed E-state index contributed by atoms with van der Waals surface area (Å²) >= 11 is 1.38. The lowest BCUT2D eigenvalue weighted by Crippen LogP contribution is -2.30. The van der Waals surface area contributed by atoms with Gasteiger partial charge in [0.15, 0.2) is 5.84 Å². The number of benzene rings is 3. The maximum atomic E-state index is 13.7. The first-order valence-electron chi connectivity index (χ1n) is 12.8. The van der Waals surface area contributed by atoms with Crippen LogP contribution in [0.4, 0.5) is 5.69 Å². The lowest BCUT2D eigenvalue weighted by molar-refractivity contribution is -0.140. The molecule has 0 aliphatic rings. The first kappa shape index (κ1) is 29.4. The normalized spacial score (nSPS) is 12.5. The van der Waals surface area contributed by atoms with Crippen LogP contribution in [0.1, 0.15) is 39.6 Å². The SMILES string of the molecule is CC(=O)ON=C(N)c1cccc(CC(NS(=O)(=O)c2cccc(NC(=O)c3ccncn3)c2)c2nc3ccccc3s2)c1. The predicted octanol–water partition coefficient (Wildman–Crippen LogP) is 3.78. The van der Waals surface area contributed by atoms with E-state index in [2.05, 4.69) is 30.0 Å². The molecule has 5 rings (SSSR count). The highest BCUT2D eigenvalue weighted by Gasteiger charge is 2.25. The van der Waals surface area contributed by atoms with Crippen LogP contribution in [0.2, 0.25) is 0 Å². The van der Waals surface area contributed by atoms with Crippen molar-refractivity contribution in [2.45, 2.75) is 24.3 Å². The van der Waals surface area contributed by atoms with Gasteiger partial charge in [-0.2, -0.15) is 0 Å². The maximum absolute atomic E-state index is 13.7. The summed E-state index contributed by atoms with van der Waals surface area (Å²) < 4.78 is 31.1. The summed E-state index contributed by atoms with van der Waals surface area (Å²) in [4.78, 5) is 40.7. The number of anilines is 1. The van der Waals surface area contributed by atoms with Crippen molar-refractivity contribution in [2.75, 3.05) is 5.32 Å². The molecule has 0 aliphatic heterocycles. The third kappa shape index (κ3) is 7.43. The fourth-order valence-electron chi connectivity index (χ4n) is 4.09. The van der Waals surface area contributed by atoms with Crippen molar-refractivity contribution in [1.29, 1.82) is 0 Å². The van der Waals surface area contributed by atoms with E-state index in [4.69, 9.17) is 10.7 Å². The molecule has 0 saturated carbocycles. The van der Waals surface area contributed by atoms with E-state index < -0.39 is 27.9 Å². The monoisotopic (exact) mass is 615 g/mol. The summed E-state index contributed by atoms with van der Waals surface area (Å²) in [5.74, 6) is -1.12. The van der Waals surface area contributed by atoms with Crippen LogP contribution in [0.5, 0.6) is 0 Å². The van der Waals surface area contributed by atoms with E-state index in [1.807, 2.05) is 30.3 Å². The molecule has 1 atom stereocenters. The first-order chi connectivity index (χ1) is 20.7. The van der Waals surface area contributed by atoms with E-state index in [0.717, 1.165) is 15.8 Å². The Morgan fingerprint density at radius 2 is 1.86 bits per heavy atom. The summed E-state index contributed by atoms with van der Waals surface area (Å²) in [6, 6.07) is 21.1. The number of amidine groups is 1. The molecule has 0 spiro atoms. The number of sulfonamides is 1. The van der Waals surface area contributed by atoms with Gasteiger partial charge in [-0.25, -0.2) is 32.9 Å². The quantitative estimate of drug-likeness (QED) is 0.0912. The van der Waals surface area contributed by atoms with Crippen molar-refractivity contribution >= 4 is 55.0 Å². The Morgan fingerprint density at radius 3 is 2.63 bits per heavy atom. The fourth-order valence-corrected chi connectivity index (χ4v) is 6.43. The lowest BCUT2D eigenvalue weighted by atomic mass is 10.0. The number of aromatic nitrogens is 3. The number of thiazole rings is 1. The number of amides is 1. The number of nitrogens with one attached hydrogen (secondary N) is 2. The molecule has 12 nitrogen and oxygen atoms in total. The number of oxime groups is 1. The van der Waals surface area contributed by atoms with Crippen molar-refractivity contribution < 1.29 is 22.8 Å². The van der Waals surface area contributed by atoms with Gasteiger partial charge in [-0.3, -0.25) is 4.79 Å². The minimum absolute atomic E-state index is 0.00463. The van der Waals surface area contributed by atoms with Crippen molar-refractivity contribution in [1.82, 2.24) is 19.7 Å². The molecule has 4 N–H and O–H groups in total. The summed E-state index contributed by atoms with van der Waals surface area (Å²) in [5.41, 5.74) is 8.37. The van der Waals surface area contributed by atoms with Crippen LogP contribution < -0.4 is 15.8 Å². The molecule has 218 valence electrons. The van der Waals surface area contributed by atoms with Gasteiger partial charge in [0.25, 0.3) is 5.91 Å². The van der Waals surface area contributed by atoms with Crippen molar-refractivity contribution in [2.24, 2.45) is 10.9 Å². The standard InChI is InChI=1S/C29H25N7O5S2/c1-18(37)41-35-27(30)20-7-4-6-19(14-20)15-25(29-34-23-10-2-3-11-26(23)42-29)36-43(39,40)22-9-5-8-21(16-22)33-28(38)24-12-13-31-17-32-24/h2-14,16-17,25,36H,15H2,1H3,(H2,30,35)(H,33,38). The van der Waals surface area contributed by atoms with E-state index in [0.29, 0.717) is 10.6 Å². The molecular formula is C29H25N7O5S2. The summed E-state index contributed by atoms with van der Waals surface area (Å²) in [7, 11) is -4.10. The number of carbonyl (C=O) groups excluding carboxylic acids is 2. The third-order valence-corrected chi connectivity index (χ3v) is 8.68. The second-order valence-electron chi connectivity index (χ2n) is 9.23. The third-order valence-electron chi connectivity index (χ3n) is 6.06. The molecule has 0 fully saturated rings. The highest BCUT2D eigenvalue weighted by atomic mass is 32.2. The number of hydrogen-bond donors (Lipinski definition) is 3. The minimum atomic E-state index is -4.10. The number of hydrogen-bond acceptors (Lipinski definition) is 10. The van der Waals surface area contributed by atoms with Gasteiger partial charge in [0, 0.05) is 24.4 Å².